The third kappa shape index (κ3) is 1.18. The lowest BCUT2D eigenvalue weighted by atomic mass is 10.2. The molecule has 5 heteroatoms. The van der Waals surface area contributed by atoms with Gasteiger partial charge in [0.15, 0.2) is 5.15 Å². The summed E-state index contributed by atoms with van der Waals surface area (Å²) < 4.78 is 13.1. The highest BCUT2D eigenvalue weighted by molar-refractivity contribution is 6.34. The maximum absolute atomic E-state index is 13.1. The first-order valence-electron chi connectivity index (χ1n) is 4.33. The molecule has 0 saturated carbocycles. The first kappa shape index (κ1) is 8.61. The summed E-state index contributed by atoms with van der Waals surface area (Å²) in [6.07, 6.45) is 1.36. The van der Waals surface area contributed by atoms with Crippen LogP contribution in [0.1, 0.15) is 0 Å². The van der Waals surface area contributed by atoms with Crippen molar-refractivity contribution >= 4 is 33.5 Å². The minimum atomic E-state index is -0.293. The normalized spacial score (nSPS) is 11.3. The van der Waals surface area contributed by atoms with Crippen LogP contribution in [0.25, 0.3) is 21.9 Å². The van der Waals surface area contributed by atoms with E-state index in [0.717, 1.165) is 5.52 Å². The maximum atomic E-state index is 13.1. The lowest BCUT2D eigenvalue weighted by molar-refractivity contribution is 0.630. The van der Waals surface area contributed by atoms with Crippen LogP contribution in [0.3, 0.4) is 0 Å². The molecule has 0 aliphatic carbocycles. The molecule has 2 aromatic heterocycles. The largest absolute Gasteiger partial charge is 0.351 e. The molecule has 15 heavy (non-hydrogen) atoms. The molecule has 0 saturated heterocycles. The number of nitrogens with one attached hydrogen (secondary N) is 1. The number of aromatic amines is 1. The molecule has 3 aromatic rings. The Bertz CT molecular complexity index is 662. The molecular formula is C10H5ClFN3. The quantitative estimate of drug-likeness (QED) is 0.593. The van der Waals surface area contributed by atoms with E-state index < -0.39 is 0 Å². The molecule has 0 atom stereocenters. The van der Waals surface area contributed by atoms with E-state index >= 15 is 0 Å². The van der Waals surface area contributed by atoms with Crippen molar-refractivity contribution in [1.82, 2.24) is 15.0 Å². The van der Waals surface area contributed by atoms with Gasteiger partial charge in [-0.3, -0.25) is 0 Å². The molecular weight excluding hydrogens is 217 g/mol. The van der Waals surface area contributed by atoms with Gasteiger partial charge in [-0.1, -0.05) is 11.6 Å². The fourth-order valence-corrected chi connectivity index (χ4v) is 1.82. The Morgan fingerprint density at radius 2 is 2.13 bits per heavy atom. The van der Waals surface area contributed by atoms with Crippen molar-refractivity contribution < 1.29 is 4.39 Å². The predicted molar refractivity (Wildman–Crippen MR) is 56.4 cm³/mol. The van der Waals surface area contributed by atoms with Gasteiger partial charge in [0.2, 0.25) is 0 Å². The molecule has 0 aliphatic rings. The van der Waals surface area contributed by atoms with Gasteiger partial charge in [-0.05, 0) is 18.2 Å². The number of fused-ring (bicyclic) bond motifs is 3. The van der Waals surface area contributed by atoms with E-state index in [1.807, 2.05) is 0 Å². The van der Waals surface area contributed by atoms with Gasteiger partial charge in [0.05, 0.1) is 0 Å². The summed E-state index contributed by atoms with van der Waals surface area (Å²) >= 11 is 5.89. The van der Waals surface area contributed by atoms with Gasteiger partial charge in [-0.15, -0.1) is 0 Å². The summed E-state index contributed by atoms with van der Waals surface area (Å²) in [6.45, 7) is 0. The number of halogens is 2. The topological polar surface area (TPSA) is 41.6 Å². The van der Waals surface area contributed by atoms with Crippen LogP contribution in [0, 0.1) is 5.82 Å². The molecule has 0 unspecified atom stereocenters. The monoisotopic (exact) mass is 221 g/mol. The average molecular weight is 222 g/mol. The first-order chi connectivity index (χ1) is 7.25. The van der Waals surface area contributed by atoms with Crippen LogP contribution in [-0.4, -0.2) is 15.0 Å². The molecule has 0 bridgehead atoms. The second-order valence-corrected chi connectivity index (χ2v) is 3.56. The summed E-state index contributed by atoms with van der Waals surface area (Å²) in [4.78, 5) is 11.0. The van der Waals surface area contributed by atoms with Gasteiger partial charge in [0, 0.05) is 10.9 Å². The fourth-order valence-electron chi connectivity index (χ4n) is 1.64. The molecule has 0 spiro atoms. The van der Waals surface area contributed by atoms with Crippen molar-refractivity contribution in [3.8, 4) is 0 Å². The summed E-state index contributed by atoms with van der Waals surface area (Å²) in [6, 6.07) is 4.47. The average Bonchev–Trinajstić information content (AvgIpc) is 2.58. The van der Waals surface area contributed by atoms with Crippen LogP contribution in [-0.2, 0) is 0 Å². The molecule has 0 amide bonds. The van der Waals surface area contributed by atoms with Crippen molar-refractivity contribution in [1.29, 1.82) is 0 Å². The second kappa shape index (κ2) is 2.90. The van der Waals surface area contributed by atoms with E-state index in [1.165, 1.54) is 18.5 Å². The van der Waals surface area contributed by atoms with Gasteiger partial charge in [0.1, 0.15) is 23.2 Å². The van der Waals surface area contributed by atoms with Crippen molar-refractivity contribution in [3.63, 3.8) is 0 Å². The number of benzene rings is 1. The predicted octanol–water partition coefficient (Wildman–Crippen LogP) is 2.90. The van der Waals surface area contributed by atoms with Crippen LogP contribution in [0.2, 0.25) is 5.15 Å². The van der Waals surface area contributed by atoms with Crippen LogP contribution in [0.5, 0.6) is 0 Å². The zero-order valence-corrected chi connectivity index (χ0v) is 8.22. The van der Waals surface area contributed by atoms with Crippen LogP contribution >= 0.6 is 11.6 Å². The number of nitrogens with zero attached hydrogens (tertiary/aromatic N) is 2. The molecule has 1 N–H and O–H groups in total. The Balaban J connectivity index is 2.58. The summed E-state index contributed by atoms with van der Waals surface area (Å²) in [7, 11) is 0. The Kier molecular flexibility index (Phi) is 1.67. The lowest BCUT2D eigenvalue weighted by Gasteiger charge is -1.90. The zero-order chi connectivity index (χ0) is 10.4. The van der Waals surface area contributed by atoms with E-state index in [9.17, 15) is 4.39 Å². The van der Waals surface area contributed by atoms with Gasteiger partial charge >= 0.3 is 0 Å². The molecule has 0 fully saturated rings. The lowest BCUT2D eigenvalue weighted by Crippen LogP contribution is -1.80. The van der Waals surface area contributed by atoms with E-state index in [-0.39, 0.29) is 5.82 Å². The van der Waals surface area contributed by atoms with Gasteiger partial charge in [-0.25, -0.2) is 14.4 Å². The molecule has 2 heterocycles. The summed E-state index contributed by atoms with van der Waals surface area (Å²) in [5.41, 5.74) is 2.08. The number of hydrogen-bond donors (Lipinski definition) is 1. The summed E-state index contributed by atoms with van der Waals surface area (Å²) in [5, 5.41) is 1.06. The number of hydrogen-bond acceptors (Lipinski definition) is 2. The first-order valence-corrected chi connectivity index (χ1v) is 4.71. The second-order valence-electron chi connectivity index (χ2n) is 3.20. The Hall–Kier alpha value is -1.68. The number of rotatable bonds is 0. The van der Waals surface area contributed by atoms with Crippen LogP contribution in [0.4, 0.5) is 4.39 Å². The molecule has 3 rings (SSSR count). The highest BCUT2D eigenvalue weighted by Crippen LogP contribution is 2.27. The van der Waals surface area contributed by atoms with Crippen LogP contribution < -0.4 is 0 Å². The van der Waals surface area contributed by atoms with Gasteiger partial charge in [-0.2, -0.15) is 0 Å². The van der Waals surface area contributed by atoms with Crippen LogP contribution in [0.15, 0.2) is 24.5 Å². The molecule has 74 valence electrons. The number of H-pyrrole nitrogens is 1. The van der Waals surface area contributed by atoms with Gasteiger partial charge in [0.25, 0.3) is 0 Å². The minimum Gasteiger partial charge on any atom is -0.351 e. The van der Waals surface area contributed by atoms with E-state index in [4.69, 9.17) is 11.6 Å². The number of aromatic nitrogens is 3. The smallest absolute Gasteiger partial charge is 0.156 e. The minimum absolute atomic E-state index is 0.293. The van der Waals surface area contributed by atoms with Crippen molar-refractivity contribution in [2.45, 2.75) is 0 Å². The highest BCUT2D eigenvalue weighted by atomic mass is 35.5. The molecule has 3 nitrogen and oxygen atoms in total. The van der Waals surface area contributed by atoms with Crippen molar-refractivity contribution in [3.05, 3.63) is 35.5 Å². The van der Waals surface area contributed by atoms with Crippen molar-refractivity contribution in [2.75, 3.05) is 0 Å². The maximum Gasteiger partial charge on any atom is 0.156 e. The zero-order valence-electron chi connectivity index (χ0n) is 7.46. The molecule has 0 radical (unpaired) electrons. The Labute approximate surface area is 88.9 Å². The summed E-state index contributed by atoms with van der Waals surface area (Å²) in [5.74, 6) is -0.293. The standard InChI is InChI=1S/C10H5ClFN3/c11-10-9-8(13-4-14-10)6-3-5(12)1-2-7(6)15-9/h1-4,15H. The highest BCUT2D eigenvalue weighted by Gasteiger charge is 2.09. The molecule has 0 aliphatic heterocycles. The Morgan fingerprint density at radius 3 is 3.00 bits per heavy atom. The SMILES string of the molecule is Fc1ccc2[nH]c3c(Cl)ncnc3c2c1. The van der Waals surface area contributed by atoms with Crippen molar-refractivity contribution in [2.24, 2.45) is 0 Å². The van der Waals surface area contributed by atoms with E-state index in [1.54, 1.807) is 6.07 Å². The van der Waals surface area contributed by atoms with E-state index in [2.05, 4.69) is 15.0 Å². The third-order valence-electron chi connectivity index (χ3n) is 2.30. The molecule has 1 aromatic carbocycles. The fraction of sp³-hybridized carbons (Fsp3) is 0. The Morgan fingerprint density at radius 1 is 1.27 bits per heavy atom. The van der Waals surface area contributed by atoms with E-state index in [0.29, 0.717) is 21.6 Å². The van der Waals surface area contributed by atoms with Gasteiger partial charge < -0.3 is 4.98 Å². The third-order valence-corrected chi connectivity index (χ3v) is 2.58.